The molecule has 2 N–H and O–H groups in total. The first kappa shape index (κ1) is 30.7. The third-order valence-electron chi connectivity index (χ3n) is 7.10. The van der Waals surface area contributed by atoms with E-state index in [0.29, 0.717) is 36.3 Å². The summed E-state index contributed by atoms with van der Waals surface area (Å²) in [5, 5.41) is 0. The number of hydrogen-bond acceptors (Lipinski definition) is 7. The van der Waals surface area contributed by atoms with Gasteiger partial charge in [-0.25, -0.2) is 17.7 Å². The predicted molar refractivity (Wildman–Crippen MR) is 157 cm³/mol. The monoisotopic (exact) mass is 721 g/mol. The Kier molecular flexibility index (Phi) is 9.11. The zero-order chi connectivity index (χ0) is 30.2. The molecular weight excluding hydrogens is 693 g/mol. The Morgan fingerprint density at radius 1 is 1.17 bits per heavy atom. The number of amides is 1. The molecule has 0 radical (unpaired) electrons. The smallest absolute Gasteiger partial charge is 0.471 e. The van der Waals surface area contributed by atoms with Gasteiger partial charge in [-0.05, 0) is 61.2 Å². The van der Waals surface area contributed by atoms with Crippen molar-refractivity contribution >= 4 is 50.6 Å². The number of phosphoric acid groups is 1. The number of morpholine rings is 1. The van der Waals surface area contributed by atoms with Crippen LogP contribution in [-0.2, 0) is 18.6 Å². The number of benzene rings is 2. The van der Waals surface area contributed by atoms with E-state index >= 15 is 0 Å². The normalized spacial score (nSPS) is 22.2. The molecule has 0 spiro atoms. The number of ether oxygens (including phenoxy) is 2. The van der Waals surface area contributed by atoms with Crippen molar-refractivity contribution in [2.24, 2.45) is 0 Å². The minimum atomic E-state index is -4.58. The van der Waals surface area contributed by atoms with Crippen LogP contribution in [0.4, 0.5) is 18.9 Å². The molecule has 0 aromatic heterocycles. The van der Waals surface area contributed by atoms with Gasteiger partial charge in [-0.1, -0.05) is 6.07 Å². The van der Waals surface area contributed by atoms with Crippen molar-refractivity contribution in [2.75, 3.05) is 32.0 Å². The third-order valence-corrected chi connectivity index (χ3v) is 10.1. The molecule has 0 unspecified atom stereocenters. The van der Waals surface area contributed by atoms with Crippen LogP contribution < -0.4 is 9.64 Å². The van der Waals surface area contributed by atoms with E-state index in [0.717, 1.165) is 23.5 Å². The molecule has 2 fully saturated rings. The van der Waals surface area contributed by atoms with E-state index in [1.807, 2.05) is 28.1 Å². The summed E-state index contributed by atoms with van der Waals surface area (Å²) >= 11 is -0.795. The highest BCUT2D eigenvalue weighted by molar-refractivity contribution is 14.2. The van der Waals surface area contributed by atoms with Gasteiger partial charge in [0.05, 0.1) is 42.2 Å². The Hall–Kier alpha value is -2.75. The molecule has 10 nitrogen and oxygen atoms in total. The van der Waals surface area contributed by atoms with Crippen LogP contribution >= 0.6 is 28.8 Å². The first-order valence-electron chi connectivity index (χ1n) is 12.8. The standard InChI is InChI=1S/C27H28F3IN3O7P/c1-16-11-32(14-31-33(16)15-41-42(36,37)38)23-6-3-17(8-25(23)39-2)7-18-4-5-20-12-40-13-24(34(20)27(18)35)19-9-21(28)26(30)22(29)10-19/h3,6-11,14,20,24H,4-5,12-13,15H2,1-2H3,(H2,36,37,38)/b18-7+/t20-,24-/m0/s1. The number of phosphoric ester groups is 1. The van der Waals surface area contributed by atoms with Crippen molar-refractivity contribution in [3.05, 3.63) is 76.4 Å². The van der Waals surface area contributed by atoms with Crippen molar-refractivity contribution in [1.29, 1.82) is 0 Å². The van der Waals surface area contributed by atoms with Gasteiger partial charge in [0.2, 0.25) is 0 Å². The fourth-order valence-electron chi connectivity index (χ4n) is 5.06. The maximum Gasteiger partial charge on any atom is 0.471 e. The van der Waals surface area contributed by atoms with E-state index in [-0.39, 0.29) is 30.9 Å². The van der Waals surface area contributed by atoms with Crippen molar-refractivity contribution in [1.82, 2.24) is 8.01 Å². The van der Waals surface area contributed by atoms with Gasteiger partial charge >= 0.3 is 7.82 Å². The molecule has 15 heteroatoms. The van der Waals surface area contributed by atoms with Gasteiger partial charge in [0.1, 0.15) is 12.5 Å². The zero-order valence-corrected chi connectivity index (χ0v) is 25.6. The number of carbonyl (C=O) groups is 1. The van der Waals surface area contributed by atoms with Gasteiger partial charge < -0.3 is 29.1 Å². The van der Waals surface area contributed by atoms with Gasteiger partial charge in [0, 0.05) is 38.5 Å². The average Bonchev–Trinajstić information content (AvgIpc) is 2.95. The van der Waals surface area contributed by atoms with Crippen molar-refractivity contribution < 1.29 is 46.3 Å². The van der Waals surface area contributed by atoms with E-state index in [1.165, 1.54) is 7.11 Å². The highest BCUT2D eigenvalue weighted by Crippen LogP contribution is 2.40. The van der Waals surface area contributed by atoms with Gasteiger partial charge in [-0.3, -0.25) is 12.4 Å². The molecule has 3 heterocycles. The second-order valence-corrected chi connectivity index (χ2v) is 13.4. The van der Waals surface area contributed by atoms with E-state index in [4.69, 9.17) is 19.3 Å². The Balaban J connectivity index is 1.37. The first-order chi connectivity index (χ1) is 19.9. The highest BCUT2D eigenvalue weighted by atomic mass is 127. The van der Waals surface area contributed by atoms with Crippen molar-refractivity contribution in [2.45, 2.75) is 31.8 Å². The number of allylic oxidation sites excluding steroid dienone is 1. The fourth-order valence-corrected chi connectivity index (χ4v) is 7.44. The van der Waals surface area contributed by atoms with Crippen LogP contribution in [0.1, 0.15) is 36.9 Å². The summed E-state index contributed by atoms with van der Waals surface area (Å²) in [6.07, 6.45) is 4.63. The van der Waals surface area contributed by atoms with Gasteiger partial charge in [-0.15, -0.1) is 0 Å². The topological polar surface area (TPSA) is 112 Å². The molecule has 226 valence electrons. The van der Waals surface area contributed by atoms with Crippen molar-refractivity contribution in [3.63, 3.8) is 0 Å². The Bertz CT molecular complexity index is 1510. The average molecular weight is 721 g/mol. The number of anilines is 1. The molecule has 1 amide bonds. The van der Waals surface area contributed by atoms with E-state index in [9.17, 15) is 22.5 Å². The lowest BCUT2D eigenvalue weighted by atomic mass is 9.91. The number of halogens is 4. The third kappa shape index (κ3) is 6.58. The summed E-state index contributed by atoms with van der Waals surface area (Å²) in [4.78, 5) is 35.1. The van der Waals surface area contributed by atoms with Gasteiger partial charge in [0.25, 0.3) is 5.91 Å². The molecule has 3 aliphatic heterocycles. The summed E-state index contributed by atoms with van der Waals surface area (Å²) in [5.41, 5.74) is 2.86. The number of rotatable bonds is 7. The maximum atomic E-state index is 14.0. The molecule has 0 saturated carbocycles. The van der Waals surface area contributed by atoms with E-state index in [2.05, 4.69) is 4.52 Å². The lowest BCUT2D eigenvalue weighted by molar-refractivity contribution is -0.145. The zero-order valence-electron chi connectivity index (χ0n) is 22.5. The van der Waals surface area contributed by atoms with E-state index < -0.39 is 52.3 Å². The summed E-state index contributed by atoms with van der Waals surface area (Å²) in [6.45, 7) is 1.92. The highest BCUT2D eigenvalue weighted by Gasteiger charge is 2.40. The second kappa shape index (κ2) is 12.5. The Morgan fingerprint density at radius 3 is 2.57 bits per heavy atom. The number of fused-ring (bicyclic) bond motifs is 1. The van der Waals surface area contributed by atoms with Crippen LogP contribution in [0.2, 0.25) is 0 Å². The summed E-state index contributed by atoms with van der Waals surface area (Å²) in [6, 6.07) is 6.25. The predicted octanol–water partition coefficient (Wildman–Crippen LogP) is 4.95. The number of piperidine rings is 1. The van der Waals surface area contributed by atoms with Crippen LogP contribution in [0.3, 0.4) is 0 Å². The summed E-state index contributed by atoms with van der Waals surface area (Å²) < 4.78 is 72.2. The number of methoxy groups -OCH3 is 1. The summed E-state index contributed by atoms with van der Waals surface area (Å²) in [7, 11) is -3.06. The van der Waals surface area contributed by atoms with Crippen LogP contribution in [0.15, 0.2) is 47.8 Å². The fraction of sp³-hybridized carbons (Fsp3) is 0.333. The quantitative estimate of drug-likeness (QED) is 0.135. The molecule has 0 bridgehead atoms. The lowest BCUT2D eigenvalue weighted by Gasteiger charge is -2.45. The molecule has 2 saturated heterocycles. The SMILES string of the molecule is COc1cc(/C=C2\CC[C@H]3COC[C@@H](c4cc(F)c(F)c(F)c4)N3C2=O)ccc1N1C=IN(COP(=O)(O)O)C(C)=C1. The van der Waals surface area contributed by atoms with E-state index in [1.54, 1.807) is 26.4 Å². The molecule has 5 rings (SSSR count). The minimum Gasteiger partial charge on any atom is -0.495 e. The summed E-state index contributed by atoms with van der Waals surface area (Å²) in [5.74, 6) is -3.94. The number of carbonyl (C=O) groups excluding carboxylic acids is 1. The minimum absolute atomic E-state index is 0.0350. The lowest BCUT2D eigenvalue weighted by Crippen LogP contribution is -2.53. The number of nitrogens with zero attached hydrogens (tertiary/aromatic N) is 3. The molecule has 0 aliphatic carbocycles. The van der Waals surface area contributed by atoms with Crippen molar-refractivity contribution in [3.8, 4) is 5.75 Å². The molecule has 3 aliphatic rings. The molecule has 2 aromatic rings. The Morgan fingerprint density at radius 2 is 1.90 bits per heavy atom. The maximum absolute atomic E-state index is 14.0. The van der Waals surface area contributed by atoms with Gasteiger partial charge in [-0.2, -0.15) is 0 Å². The van der Waals surface area contributed by atoms with Crippen LogP contribution in [0.5, 0.6) is 5.75 Å². The largest absolute Gasteiger partial charge is 0.495 e. The number of hydrogen-bond donors (Lipinski definition) is 2. The molecule has 2 aromatic carbocycles. The molecule has 2 atom stereocenters. The van der Waals surface area contributed by atoms with Gasteiger partial charge in [0.15, 0.2) is 17.5 Å². The Labute approximate surface area is 250 Å². The molecule has 42 heavy (non-hydrogen) atoms. The second-order valence-electron chi connectivity index (χ2n) is 9.84. The first-order valence-corrected chi connectivity index (χ1v) is 16.5. The van der Waals surface area contributed by atoms with Crippen LogP contribution in [-0.4, -0.2) is 60.9 Å². The van der Waals surface area contributed by atoms with Crippen LogP contribution in [0.25, 0.3) is 6.08 Å². The van der Waals surface area contributed by atoms with Crippen LogP contribution in [0, 0.1) is 17.5 Å². The molecular formula is C27H28F3IN3O7P.